The number of rotatable bonds is 6. The molecule has 1 aromatic rings. The number of methoxy groups -OCH3 is 1. The Labute approximate surface area is 125 Å². The van der Waals surface area contributed by atoms with Crippen molar-refractivity contribution in [1.29, 1.82) is 0 Å². The highest BCUT2D eigenvalue weighted by Gasteiger charge is 2.42. The van der Waals surface area contributed by atoms with Crippen LogP contribution in [0.25, 0.3) is 0 Å². The topological polar surface area (TPSA) is 83.9 Å². The highest BCUT2D eigenvalue weighted by molar-refractivity contribution is 7.89. The summed E-state index contributed by atoms with van der Waals surface area (Å²) >= 11 is 0. The lowest BCUT2D eigenvalue weighted by Gasteiger charge is -2.33. The molecule has 21 heavy (non-hydrogen) atoms. The van der Waals surface area contributed by atoms with E-state index in [1.807, 2.05) is 0 Å². The predicted octanol–water partition coefficient (Wildman–Crippen LogP) is 1.88. The Balaban J connectivity index is 3.52. The molecule has 0 spiro atoms. The zero-order valence-corrected chi connectivity index (χ0v) is 13.7. The Bertz CT molecular complexity index is 637. The largest absolute Gasteiger partial charge is 0.495 e. The van der Waals surface area contributed by atoms with Crippen LogP contribution in [0, 0.1) is 6.92 Å². The molecule has 0 aliphatic heterocycles. The minimum Gasteiger partial charge on any atom is -0.495 e. The number of benzene rings is 1. The SMILES string of the molecule is CCN(C(C)(C)C(=O)O)S(=O)(=O)c1cc(C)ccc1OC. The Hall–Kier alpha value is -1.60. The smallest absolute Gasteiger partial charge is 0.324 e. The van der Waals surface area contributed by atoms with E-state index in [0.29, 0.717) is 0 Å². The summed E-state index contributed by atoms with van der Waals surface area (Å²) in [4.78, 5) is 11.4. The van der Waals surface area contributed by atoms with E-state index in [-0.39, 0.29) is 17.2 Å². The molecular formula is C14H21NO5S. The average Bonchev–Trinajstić information content (AvgIpc) is 2.38. The molecule has 0 amide bonds. The van der Waals surface area contributed by atoms with Crippen molar-refractivity contribution < 1.29 is 23.1 Å². The van der Waals surface area contributed by atoms with E-state index < -0.39 is 21.5 Å². The lowest BCUT2D eigenvalue weighted by molar-refractivity contribution is -0.146. The van der Waals surface area contributed by atoms with Crippen molar-refractivity contribution >= 4 is 16.0 Å². The minimum atomic E-state index is -3.99. The summed E-state index contributed by atoms with van der Waals surface area (Å²) in [6, 6.07) is 4.77. The van der Waals surface area contributed by atoms with Gasteiger partial charge in [-0.3, -0.25) is 4.79 Å². The van der Waals surface area contributed by atoms with E-state index in [0.717, 1.165) is 9.87 Å². The molecule has 6 nitrogen and oxygen atoms in total. The van der Waals surface area contributed by atoms with Gasteiger partial charge < -0.3 is 9.84 Å². The van der Waals surface area contributed by atoms with Crippen molar-refractivity contribution in [2.75, 3.05) is 13.7 Å². The van der Waals surface area contributed by atoms with Gasteiger partial charge >= 0.3 is 5.97 Å². The fourth-order valence-electron chi connectivity index (χ4n) is 2.08. The molecule has 1 N–H and O–H groups in total. The molecule has 0 bridgehead atoms. The average molecular weight is 315 g/mol. The molecule has 0 unspecified atom stereocenters. The molecule has 7 heteroatoms. The third-order valence-electron chi connectivity index (χ3n) is 3.32. The minimum absolute atomic E-state index is 0.0267. The molecule has 0 atom stereocenters. The number of carboxylic acid groups (broad SMARTS) is 1. The van der Waals surface area contributed by atoms with Crippen LogP contribution in [0.2, 0.25) is 0 Å². The van der Waals surface area contributed by atoms with Crippen molar-refractivity contribution in [3.8, 4) is 5.75 Å². The third kappa shape index (κ3) is 3.19. The molecule has 0 saturated carbocycles. The number of hydrogen-bond acceptors (Lipinski definition) is 4. The second-order valence-corrected chi connectivity index (χ2v) is 7.02. The van der Waals surface area contributed by atoms with Crippen molar-refractivity contribution in [3.63, 3.8) is 0 Å². The second-order valence-electron chi connectivity index (χ2n) is 5.19. The summed E-state index contributed by atoms with van der Waals surface area (Å²) in [7, 11) is -2.61. The van der Waals surface area contributed by atoms with Gasteiger partial charge in [-0.2, -0.15) is 4.31 Å². The fourth-order valence-corrected chi connectivity index (χ4v) is 4.07. The molecule has 0 radical (unpaired) electrons. The molecule has 0 aliphatic rings. The fraction of sp³-hybridized carbons (Fsp3) is 0.500. The highest BCUT2D eigenvalue weighted by atomic mass is 32.2. The van der Waals surface area contributed by atoms with Crippen LogP contribution in [0.3, 0.4) is 0 Å². The Morgan fingerprint density at radius 3 is 2.38 bits per heavy atom. The maximum Gasteiger partial charge on any atom is 0.324 e. The third-order valence-corrected chi connectivity index (χ3v) is 5.49. The van der Waals surface area contributed by atoms with Crippen molar-refractivity contribution in [2.24, 2.45) is 0 Å². The van der Waals surface area contributed by atoms with E-state index in [9.17, 15) is 18.3 Å². The van der Waals surface area contributed by atoms with Crippen LogP contribution in [-0.2, 0) is 14.8 Å². The number of ether oxygens (including phenoxy) is 1. The summed E-state index contributed by atoms with van der Waals surface area (Å²) in [6.45, 7) is 6.12. The predicted molar refractivity (Wildman–Crippen MR) is 79.0 cm³/mol. The van der Waals surface area contributed by atoms with Gasteiger partial charge in [0.15, 0.2) is 0 Å². The first-order chi connectivity index (χ1) is 9.58. The van der Waals surface area contributed by atoms with Gasteiger partial charge in [-0.05, 0) is 38.5 Å². The number of carboxylic acids is 1. The molecule has 1 aromatic carbocycles. The van der Waals surface area contributed by atoms with Gasteiger partial charge in [0.2, 0.25) is 10.0 Å². The number of aryl methyl sites for hydroxylation is 1. The first kappa shape index (κ1) is 17.5. The quantitative estimate of drug-likeness (QED) is 0.866. The Morgan fingerprint density at radius 1 is 1.38 bits per heavy atom. The number of carbonyl (C=O) groups is 1. The van der Waals surface area contributed by atoms with E-state index >= 15 is 0 Å². The summed E-state index contributed by atoms with van der Waals surface area (Å²) in [5.41, 5.74) is -0.805. The van der Waals surface area contributed by atoms with Crippen molar-refractivity contribution in [3.05, 3.63) is 23.8 Å². The Morgan fingerprint density at radius 2 is 1.95 bits per heavy atom. The molecule has 118 valence electrons. The first-order valence-corrected chi connectivity index (χ1v) is 7.94. The summed E-state index contributed by atoms with van der Waals surface area (Å²) < 4.78 is 31.7. The number of sulfonamides is 1. The number of hydrogen-bond donors (Lipinski definition) is 1. The zero-order valence-electron chi connectivity index (χ0n) is 12.9. The van der Waals surface area contributed by atoms with Crippen molar-refractivity contribution in [2.45, 2.75) is 38.1 Å². The van der Waals surface area contributed by atoms with Crippen LogP contribution < -0.4 is 4.74 Å². The lowest BCUT2D eigenvalue weighted by Crippen LogP contribution is -2.52. The highest BCUT2D eigenvalue weighted by Crippen LogP contribution is 2.31. The molecule has 1 rings (SSSR count). The van der Waals surface area contributed by atoms with E-state index in [2.05, 4.69) is 0 Å². The van der Waals surface area contributed by atoms with Crippen LogP contribution in [-0.4, -0.2) is 43.0 Å². The van der Waals surface area contributed by atoms with Crippen LogP contribution in [0.15, 0.2) is 23.1 Å². The van der Waals surface area contributed by atoms with E-state index in [1.54, 1.807) is 26.0 Å². The molecule has 0 aromatic heterocycles. The monoisotopic (exact) mass is 315 g/mol. The van der Waals surface area contributed by atoms with Gasteiger partial charge in [0.05, 0.1) is 7.11 Å². The normalized spacial score (nSPS) is 12.5. The van der Waals surface area contributed by atoms with Crippen LogP contribution >= 0.6 is 0 Å². The zero-order chi connectivity index (χ0) is 16.4. The second kappa shape index (κ2) is 6.03. The first-order valence-electron chi connectivity index (χ1n) is 6.50. The summed E-state index contributed by atoms with van der Waals surface area (Å²) in [5, 5.41) is 9.30. The van der Waals surface area contributed by atoms with Gasteiger partial charge in [-0.15, -0.1) is 0 Å². The molecule has 0 saturated heterocycles. The van der Waals surface area contributed by atoms with Crippen LogP contribution in [0.5, 0.6) is 5.75 Å². The number of aliphatic carboxylic acids is 1. The van der Waals surface area contributed by atoms with Gasteiger partial charge in [-0.1, -0.05) is 13.0 Å². The van der Waals surface area contributed by atoms with Gasteiger partial charge in [0.1, 0.15) is 16.2 Å². The summed E-state index contributed by atoms with van der Waals surface area (Å²) in [5.74, 6) is -1.01. The summed E-state index contributed by atoms with van der Waals surface area (Å²) in [6.07, 6.45) is 0. The number of likely N-dealkylation sites (N-methyl/N-ethyl adjacent to an activating group) is 1. The van der Waals surface area contributed by atoms with Crippen LogP contribution in [0.1, 0.15) is 26.3 Å². The maximum atomic E-state index is 12.8. The van der Waals surface area contributed by atoms with Gasteiger partial charge in [0, 0.05) is 6.54 Å². The molecule has 0 aliphatic carbocycles. The van der Waals surface area contributed by atoms with E-state index in [4.69, 9.17) is 4.74 Å². The lowest BCUT2D eigenvalue weighted by atomic mass is 10.1. The van der Waals surface area contributed by atoms with E-state index in [1.165, 1.54) is 27.0 Å². The maximum absolute atomic E-state index is 12.8. The van der Waals surface area contributed by atoms with Gasteiger partial charge in [0.25, 0.3) is 0 Å². The standard InChI is InChI=1S/C14H21NO5S/c1-6-15(14(3,4)13(16)17)21(18,19)12-9-10(2)7-8-11(12)20-5/h7-9H,6H2,1-5H3,(H,16,17). The Kier molecular flexibility index (Phi) is 5.01. The molecule has 0 heterocycles. The molecular weight excluding hydrogens is 294 g/mol. The molecule has 0 fully saturated rings. The van der Waals surface area contributed by atoms with Crippen molar-refractivity contribution in [1.82, 2.24) is 4.31 Å². The number of nitrogens with zero attached hydrogens (tertiary/aromatic N) is 1. The van der Waals surface area contributed by atoms with Crippen LogP contribution in [0.4, 0.5) is 0 Å². The van der Waals surface area contributed by atoms with Gasteiger partial charge in [-0.25, -0.2) is 8.42 Å².